The Morgan fingerprint density at radius 3 is 2.62 bits per heavy atom. The van der Waals surface area contributed by atoms with E-state index >= 15 is 0 Å². The van der Waals surface area contributed by atoms with Gasteiger partial charge in [0.1, 0.15) is 11.6 Å². The molecule has 0 saturated heterocycles. The van der Waals surface area contributed by atoms with Crippen molar-refractivity contribution < 1.29 is 4.74 Å². The van der Waals surface area contributed by atoms with E-state index in [0.29, 0.717) is 11.7 Å². The molecule has 0 bridgehead atoms. The first kappa shape index (κ1) is 15.8. The van der Waals surface area contributed by atoms with Crippen LogP contribution < -0.4 is 10.1 Å². The molecule has 0 atom stereocenters. The molecule has 112 valence electrons. The molecule has 1 heterocycles. The molecule has 0 aliphatic rings. The van der Waals surface area contributed by atoms with Gasteiger partial charge in [0.15, 0.2) is 5.82 Å². The maximum atomic E-state index is 5.43. The summed E-state index contributed by atoms with van der Waals surface area (Å²) in [5, 5.41) is 3.10. The van der Waals surface area contributed by atoms with Crippen LogP contribution in [0.5, 0.6) is 5.75 Å². The van der Waals surface area contributed by atoms with Crippen LogP contribution in [0.3, 0.4) is 0 Å². The van der Waals surface area contributed by atoms with E-state index in [1.165, 1.54) is 0 Å². The molecule has 0 aliphatic carbocycles. The quantitative estimate of drug-likeness (QED) is 0.880. The lowest BCUT2D eigenvalue weighted by molar-refractivity contribution is 0.416. The number of rotatable bonds is 5. The van der Waals surface area contributed by atoms with Gasteiger partial charge < -0.3 is 10.1 Å². The Labute approximate surface area is 134 Å². The van der Waals surface area contributed by atoms with Crippen molar-refractivity contribution in [2.45, 2.75) is 20.3 Å². The Morgan fingerprint density at radius 2 is 2.00 bits per heavy atom. The molecule has 1 aromatic heterocycles. The lowest BCUT2D eigenvalue weighted by atomic mass is 10.1. The largest absolute Gasteiger partial charge is 0.496 e. The molecule has 0 fully saturated rings. The van der Waals surface area contributed by atoms with Crippen LogP contribution in [0.1, 0.15) is 19.5 Å². The van der Waals surface area contributed by atoms with Gasteiger partial charge in [-0.1, -0.05) is 29.8 Å². The number of anilines is 1. The number of hydrogen-bond acceptors (Lipinski definition) is 4. The lowest BCUT2D eigenvalue weighted by Gasteiger charge is -2.12. The minimum absolute atomic E-state index is 0.543. The van der Waals surface area contributed by atoms with E-state index in [0.717, 1.165) is 33.7 Å². The summed E-state index contributed by atoms with van der Waals surface area (Å²) in [4.78, 5) is 9.25. The number of hydrogen-bond donors (Lipinski definition) is 1. The van der Waals surface area contributed by atoms with E-state index < -0.39 is 0 Å². The summed E-state index contributed by atoms with van der Waals surface area (Å²) >= 11 is 3.49. The van der Waals surface area contributed by atoms with Crippen LogP contribution in [-0.4, -0.2) is 24.1 Å². The van der Waals surface area contributed by atoms with E-state index in [9.17, 15) is 0 Å². The number of benzene rings is 1. The Morgan fingerprint density at radius 1 is 1.24 bits per heavy atom. The number of aromatic nitrogens is 2. The average Bonchev–Trinajstić information content (AvgIpc) is 2.46. The van der Waals surface area contributed by atoms with Crippen LogP contribution in [-0.2, 0) is 6.42 Å². The Bertz CT molecular complexity index is 629. The molecule has 0 unspecified atom stereocenters. The van der Waals surface area contributed by atoms with Crippen molar-refractivity contribution in [3.8, 4) is 17.1 Å². The van der Waals surface area contributed by atoms with Crippen molar-refractivity contribution in [1.82, 2.24) is 9.97 Å². The van der Waals surface area contributed by atoms with Gasteiger partial charge in [0.25, 0.3) is 0 Å². The van der Waals surface area contributed by atoms with Crippen molar-refractivity contribution >= 4 is 21.7 Å². The maximum Gasteiger partial charge on any atom is 0.165 e. The fourth-order valence-electron chi connectivity index (χ4n) is 2.12. The third kappa shape index (κ3) is 3.94. The van der Waals surface area contributed by atoms with Crippen molar-refractivity contribution in [3.05, 3.63) is 34.4 Å². The fourth-order valence-corrected chi connectivity index (χ4v) is 2.48. The molecule has 4 nitrogen and oxygen atoms in total. The number of halogens is 1. The Kier molecular flexibility index (Phi) is 5.17. The highest BCUT2D eigenvalue weighted by molar-refractivity contribution is 9.10. The predicted molar refractivity (Wildman–Crippen MR) is 89.8 cm³/mol. The van der Waals surface area contributed by atoms with Crippen LogP contribution >= 0.6 is 15.9 Å². The molecule has 0 radical (unpaired) electrons. The first-order valence-corrected chi connectivity index (χ1v) is 7.72. The summed E-state index contributed by atoms with van der Waals surface area (Å²) in [7, 11) is 3.52. The second-order valence-electron chi connectivity index (χ2n) is 5.26. The highest BCUT2D eigenvalue weighted by atomic mass is 79.9. The van der Waals surface area contributed by atoms with Gasteiger partial charge in [-0.3, -0.25) is 0 Å². The van der Waals surface area contributed by atoms with Gasteiger partial charge in [0.05, 0.1) is 12.7 Å². The second kappa shape index (κ2) is 6.89. The fraction of sp³-hybridized carbons (Fsp3) is 0.375. The molecule has 0 spiro atoms. The molecule has 21 heavy (non-hydrogen) atoms. The van der Waals surface area contributed by atoms with Crippen LogP contribution in [0.25, 0.3) is 11.4 Å². The Balaban J connectivity index is 2.54. The van der Waals surface area contributed by atoms with Gasteiger partial charge in [-0.2, -0.15) is 0 Å². The monoisotopic (exact) mass is 349 g/mol. The summed E-state index contributed by atoms with van der Waals surface area (Å²) in [5.41, 5.74) is 1.91. The molecule has 0 amide bonds. The first-order valence-electron chi connectivity index (χ1n) is 6.93. The summed E-state index contributed by atoms with van der Waals surface area (Å²) < 4.78 is 6.40. The highest BCUT2D eigenvalue weighted by Crippen LogP contribution is 2.31. The number of ether oxygens (including phenoxy) is 1. The second-order valence-corrected chi connectivity index (χ2v) is 6.18. The third-order valence-corrected chi connectivity index (χ3v) is 3.55. The maximum absolute atomic E-state index is 5.43. The van der Waals surface area contributed by atoms with E-state index in [-0.39, 0.29) is 0 Å². The van der Waals surface area contributed by atoms with Gasteiger partial charge in [0.2, 0.25) is 0 Å². The van der Waals surface area contributed by atoms with Gasteiger partial charge in [0, 0.05) is 23.3 Å². The number of nitrogens with one attached hydrogen (secondary N) is 1. The van der Waals surface area contributed by atoms with Gasteiger partial charge in [-0.25, -0.2) is 9.97 Å². The molecule has 0 aliphatic heterocycles. The van der Waals surface area contributed by atoms with Crippen molar-refractivity contribution in [3.63, 3.8) is 0 Å². The number of nitrogens with zero attached hydrogens (tertiary/aromatic N) is 2. The topological polar surface area (TPSA) is 47.0 Å². The minimum atomic E-state index is 0.543. The van der Waals surface area contributed by atoms with Crippen molar-refractivity contribution in [1.29, 1.82) is 0 Å². The van der Waals surface area contributed by atoms with Crippen LogP contribution in [0.15, 0.2) is 28.7 Å². The molecule has 2 aromatic rings. The van der Waals surface area contributed by atoms with Crippen LogP contribution in [0.4, 0.5) is 5.82 Å². The normalized spacial score (nSPS) is 10.8. The molecule has 5 heteroatoms. The summed E-state index contributed by atoms with van der Waals surface area (Å²) in [6, 6.07) is 7.83. The zero-order valence-electron chi connectivity index (χ0n) is 12.8. The molecular weight excluding hydrogens is 330 g/mol. The molecular formula is C16H20BrN3O. The third-order valence-electron chi connectivity index (χ3n) is 3.06. The molecule has 2 rings (SSSR count). The van der Waals surface area contributed by atoms with E-state index in [4.69, 9.17) is 4.74 Å². The van der Waals surface area contributed by atoms with E-state index in [1.807, 2.05) is 31.3 Å². The van der Waals surface area contributed by atoms with Gasteiger partial charge >= 0.3 is 0 Å². The van der Waals surface area contributed by atoms with Crippen molar-refractivity contribution in [2.75, 3.05) is 19.5 Å². The smallest absolute Gasteiger partial charge is 0.165 e. The van der Waals surface area contributed by atoms with Gasteiger partial charge in [-0.05, 0) is 30.5 Å². The summed E-state index contributed by atoms with van der Waals surface area (Å²) in [5.74, 6) is 2.80. The summed E-state index contributed by atoms with van der Waals surface area (Å²) in [6.45, 7) is 4.36. The number of methoxy groups -OCH3 is 1. The highest BCUT2D eigenvalue weighted by Gasteiger charge is 2.12. The van der Waals surface area contributed by atoms with E-state index in [1.54, 1.807) is 7.11 Å². The molecule has 1 aromatic carbocycles. The average molecular weight is 350 g/mol. The summed E-state index contributed by atoms with van der Waals surface area (Å²) in [6.07, 6.45) is 0.917. The predicted octanol–water partition coefficient (Wildman–Crippen LogP) is 4.15. The Hall–Kier alpha value is -1.62. The first-order chi connectivity index (χ1) is 10.0. The van der Waals surface area contributed by atoms with Crippen LogP contribution in [0.2, 0.25) is 0 Å². The standard InChI is InChI=1S/C16H20BrN3O/c1-10(2)7-12-9-15(18-3)20-16(19-12)13-8-11(17)5-6-14(13)21-4/h5-6,8-10H,7H2,1-4H3,(H,18,19,20). The zero-order chi connectivity index (χ0) is 15.4. The van der Waals surface area contributed by atoms with E-state index in [2.05, 4.69) is 45.1 Å². The van der Waals surface area contributed by atoms with Gasteiger partial charge in [-0.15, -0.1) is 0 Å². The molecule has 1 N–H and O–H groups in total. The minimum Gasteiger partial charge on any atom is -0.496 e. The molecule has 0 saturated carbocycles. The zero-order valence-corrected chi connectivity index (χ0v) is 14.4. The lowest BCUT2D eigenvalue weighted by Crippen LogP contribution is -2.04. The SMILES string of the molecule is CNc1cc(CC(C)C)nc(-c2cc(Br)ccc2OC)n1. The van der Waals surface area contributed by atoms with Crippen molar-refractivity contribution in [2.24, 2.45) is 5.92 Å². The van der Waals surface area contributed by atoms with Crippen LogP contribution in [0, 0.1) is 5.92 Å².